The number of piperidine rings is 1. The summed E-state index contributed by atoms with van der Waals surface area (Å²) in [5.41, 5.74) is 1.81. The van der Waals surface area contributed by atoms with Crippen LogP contribution >= 0.6 is 0 Å². The van der Waals surface area contributed by atoms with Crippen molar-refractivity contribution in [2.75, 3.05) is 47.6 Å². The standard InChI is InChI=1S/C28H38N2O5/c1-32-23-13-12-22(27(19-23)34-3)20-29-14-5-4-10-25-26(33-2)11-7-15-30(25)28(31)21-8-6-9-24(18-21)35-17-16-29/h6,8-9,12-13,18-19,25-26H,4-5,7,10-11,14-17,20H2,1-3H3/t25-,26-/m1/s1. The summed E-state index contributed by atoms with van der Waals surface area (Å²) in [6.45, 7) is 3.82. The second-order valence-corrected chi connectivity index (χ2v) is 9.31. The van der Waals surface area contributed by atoms with Gasteiger partial charge in [0, 0.05) is 43.9 Å². The molecule has 2 heterocycles. The van der Waals surface area contributed by atoms with Gasteiger partial charge in [-0.2, -0.15) is 0 Å². The fraction of sp³-hybridized carbons (Fsp3) is 0.536. The number of hydrogen-bond acceptors (Lipinski definition) is 6. The van der Waals surface area contributed by atoms with Gasteiger partial charge in [0.15, 0.2) is 0 Å². The van der Waals surface area contributed by atoms with Crippen molar-refractivity contribution in [3.8, 4) is 17.2 Å². The molecule has 2 aliphatic rings. The van der Waals surface area contributed by atoms with E-state index < -0.39 is 0 Å². The molecule has 0 aliphatic carbocycles. The van der Waals surface area contributed by atoms with Gasteiger partial charge in [0.2, 0.25) is 0 Å². The van der Waals surface area contributed by atoms with Crippen molar-refractivity contribution in [2.24, 2.45) is 0 Å². The van der Waals surface area contributed by atoms with E-state index in [0.717, 1.165) is 81.1 Å². The van der Waals surface area contributed by atoms with Crippen molar-refractivity contribution in [1.29, 1.82) is 0 Å². The SMILES string of the molecule is COc1ccc(CN2CCCC[C@@H]3[C@H](OC)CCCN3C(=O)c3cccc(c3)OCC2)c(OC)c1. The molecule has 190 valence electrons. The van der Waals surface area contributed by atoms with E-state index in [2.05, 4.69) is 11.0 Å². The topological polar surface area (TPSA) is 60.5 Å². The average Bonchev–Trinajstić information content (AvgIpc) is 2.90. The lowest BCUT2D eigenvalue weighted by Gasteiger charge is -2.41. The number of benzene rings is 2. The lowest BCUT2D eigenvalue weighted by atomic mass is 9.93. The van der Waals surface area contributed by atoms with Crippen molar-refractivity contribution in [2.45, 2.75) is 50.8 Å². The number of amides is 1. The van der Waals surface area contributed by atoms with Crippen LogP contribution in [0.3, 0.4) is 0 Å². The number of ether oxygens (including phenoxy) is 4. The van der Waals surface area contributed by atoms with Gasteiger partial charge in [-0.25, -0.2) is 0 Å². The molecule has 2 bridgehead atoms. The van der Waals surface area contributed by atoms with Gasteiger partial charge >= 0.3 is 0 Å². The first-order chi connectivity index (χ1) is 17.1. The Morgan fingerprint density at radius 3 is 2.63 bits per heavy atom. The van der Waals surface area contributed by atoms with Crippen LogP contribution in [0.5, 0.6) is 17.2 Å². The van der Waals surface area contributed by atoms with Crippen LogP contribution in [0.4, 0.5) is 0 Å². The summed E-state index contributed by atoms with van der Waals surface area (Å²) in [6.07, 6.45) is 5.07. The predicted molar refractivity (Wildman–Crippen MR) is 135 cm³/mol. The van der Waals surface area contributed by atoms with E-state index in [1.807, 2.05) is 41.3 Å². The van der Waals surface area contributed by atoms with Crippen molar-refractivity contribution in [3.05, 3.63) is 53.6 Å². The van der Waals surface area contributed by atoms with Crippen molar-refractivity contribution < 1.29 is 23.7 Å². The molecule has 2 aromatic rings. The van der Waals surface area contributed by atoms with Gasteiger partial charge < -0.3 is 23.8 Å². The molecule has 1 fully saturated rings. The Kier molecular flexibility index (Phi) is 8.88. The Morgan fingerprint density at radius 2 is 1.83 bits per heavy atom. The highest BCUT2D eigenvalue weighted by Crippen LogP contribution is 2.28. The zero-order valence-corrected chi connectivity index (χ0v) is 21.2. The van der Waals surface area contributed by atoms with Crippen molar-refractivity contribution in [1.82, 2.24) is 9.80 Å². The Bertz CT molecular complexity index is 982. The summed E-state index contributed by atoms with van der Waals surface area (Å²) < 4.78 is 22.9. The van der Waals surface area contributed by atoms with Crippen LogP contribution in [0.2, 0.25) is 0 Å². The fourth-order valence-electron chi connectivity index (χ4n) is 5.25. The van der Waals surface area contributed by atoms with Crippen LogP contribution in [0.1, 0.15) is 48.0 Å². The molecule has 0 unspecified atom stereocenters. The van der Waals surface area contributed by atoms with Crippen molar-refractivity contribution >= 4 is 5.91 Å². The van der Waals surface area contributed by atoms with Gasteiger partial charge in [-0.1, -0.05) is 18.6 Å². The summed E-state index contributed by atoms with van der Waals surface area (Å²) in [7, 11) is 5.13. The third-order valence-corrected chi connectivity index (χ3v) is 7.15. The Hall–Kier alpha value is -2.77. The van der Waals surface area contributed by atoms with Gasteiger partial charge in [-0.3, -0.25) is 9.69 Å². The summed E-state index contributed by atoms with van der Waals surface area (Å²) in [4.78, 5) is 17.9. The van der Waals surface area contributed by atoms with E-state index in [0.29, 0.717) is 12.2 Å². The summed E-state index contributed by atoms with van der Waals surface area (Å²) in [6, 6.07) is 13.7. The summed E-state index contributed by atoms with van der Waals surface area (Å²) >= 11 is 0. The fourth-order valence-corrected chi connectivity index (χ4v) is 5.25. The molecule has 2 aliphatic heterocycles. The van der Waals surface area contributed by atoms with E-state index in [-0.39, 0.29) is 18.1 Å². The smallest absolute Gasteiger partial charge is 0.254 e. The number of nitrogens with zero attached hydrogens (tertiary/aromatic N) is 2. The van der Waals surface area contributed by atoms with Gasteiger partial charge in [0.05, 0.1) is 26.4 Å². The minimum absolute atomic E-state index is 0.0764. The molecule has 1 saturated heterocycles. The first kappa shape index (κ1) is 25.3. The summed E-state index contributed by atoms with van der Waals surface area (Å²) in [5.74, 6) is 2.42. The van der Waals surface area contributed by atoms with Crippen LogP contribution in [0.25, 0.3) is 0 Å². The molecular formula is C28H38N2O5. The minimum Gasteiger partial charge on any atom is -0.497 e. The first-order valence-corrected chi connectivity index (χ1v) is 12.6. The zero-order chi connectivity index (χ0) is 24.6. The maximum absolute atomic E-state index is 13.4. The first-order valence-electron chi connectivity index (χ1n) is 12.6. The molecule has 7 heteroatoms. The highest BCUT2D eigenvalue weighted by molar-refractivity contribution is 5.95. The lowest BCUT2D eigenvalue weighted by molar-refractivity contribution is -0.0156. The molecule has 0 aromatic heterocycles. The molecule has 4 rings (SSSR count). The van der Waals surface area contributed by atoms with E-state index >= 15 is 0 Å². The lowest BCUT2D eigenvalue weighted by Crippen LogP contribution is -2.51. The number of carbonyl (C=O) groups excluding carboxylic acids is 1. The number of fused-ring (bicyclic) bond motifs is 3. The molecule has 7 nitrogen and oxygen atoms in total. The van der Waals surface area contributed by atoms with Crippen LogP contribution in [-0.4, -0.2) is 75.4 Å². The van der Waals surface area contributed by atoms with E-state index in [1.165, 1.54) is 0 Å². The maximum atomic E-state index is 13.4. The zero-order valence-electron chi connectivity index (χ0n) is 21.2. The highest BCUT2D eigenvalue weighted by Gasteiger charge is 2.34. The minimum atomic E-state index is 0.0764. The third kappa shape index (κ3) is 6.27. The molecule has 0 saturated carbocycles. The van der Waals surface area contributed by atoms with Crippen molar-refractivity contribution in [3.63, 3.8) is 0 Å². The monoisotopic (exact) mass is 482 g/mol. The maximum Gasteiger partial charge on any atom is 0.254 e. The molecule has 35 heavy (non-hydrogen) atoms. The van der Waals surface area contributed by atoms with Crippen LogP contribution < -0.4 is 14.2 Å². The second kappa shape index (κ2) is 12.3. The normalized spacial score (nSPS) is 22.0. The van der Waals surface area contributed by atoms with Gasteiger partial charge in [-0.05, 0) is 56.5 Å². The molecule has 2 aromatic carbocycles. The van der Waals surface area contributed by atoms with Gasteiger partial charge in [0.1, 0.15) is 23.9 Å². The largest absolute Gasteiger partial charge is 0.497 e. The van der Waals surface area contributed by atoms with E-state index in [4.69, 9.17) is 18.9 Å². The van der Waals surface area contributed by atoms with Crippen LogP contribution in [0, 0.1) is 0 Å². The molecule has 0 spiro atoms. The molecule has 1 amide bonds. The quantitative estimate of drug-likeness (QED) is 0.630. The highest BCUT2D eigenvalue weighted by atomic mass is 16.5. The van der Waals surface area contributed by atoms with Crippen LogP contribution in [-0.2, 0) is 11.3 Å². The molecular weight excluding hydrogens is 444 g/mol. The Balaban J connectivity index is 1.54. The average molecular weight is 483 g/mol. The Morgan fingerprint density at radius 1 is 0.943 bits per heavy atom. The molecule has 0 radical (unpaired) electrons. The number of hydrogen-bond donors (Lipinski definition) is 0. The van der Waals surface area contributed by atoms with Gasteiger partial charge in [0.25, 0.3) is 5.91 Å². The number of rotatable bonds is 5. The van der Waals surface area contributed by atoms with Gasteiger partial charge in [-0.15, -0.1) is 0 Å². The predicted octanol–water partition coefficient (Wildman–Crippen LogP) is 4.39. The summed E-state index contributed by atoms with van der Waals surface area (Å²) in [5, 5.41) is 0. The van der Waals surface area contributed by atoms with E-state index in [9.17, 15) is 4.79 Å². The van der Waals surface area contributed by atoms with Crippen LogP contribution in [0.15, 0.2) is 42.5 Å². The second-order valence-electron chi connectivity index (χ2n) is 9.31. The number of methoxy groups -OCH3 is 3. The van der Waals surface area contributed by atoms with E-state index in [1.54, 1.807) is 21.3 Å². The number of carbonyl (C=O) groups is 1. The molecule has 0 N–H and O–H groups in total. The third-order valence-electron chi connectivity index (χ3n) is 7.15. The molecule has 2 atom stereocenters. The Labute approximate surface area is 208 Å².